The van der Waals surface area contributed by atoms with Crippen molar-refractivity contribution < 1.29 is 9.53 Å². The fraction of sp³-hybridized carbons (Fsp3) is 0.308. The van der Waals surface area contributed by atoms with Crippen molar-refractivity contribution >= 4 is 5.78 Å². The number of ketones is 1. The minimum Gasteiger partial charge on any atom is -0.490 e. The summed E-state index contributed by atoms with van der Waals surface area (Å²) in [5.74, 6) is 0.472. The second kappa shape index (κ2) is 4.94. The average molecular weight is 217 g/mol. The lowest BCUT2D eigenvalue weighted by molar-refractivity contribution is -0.118. The van der Waals surface area contributed by atoms with Gasteiger partial charge in [0.2, 0.25) is 0 Å². The third-order valence-corrected chi connectivity index (χ3v) is 2.61. The van der Waals surface area contributed by atoms with E-state index in [1.165, 1.54) is 0 Å². The summed E-state index contributed by atoms with van der Waals surface area (Å²) in [5.41, 5.74) is 6.94. The van der Waals surface area contributed by atoms with E-state index in [-0.39, 0.29) is 11.8 Å². The van der Waals surface area contributed by atoms with E-state index in [9.17, 15) is 4.79 Å². The van der Waals surface area contributed by atoms with Crippen LogP contribution < -0.4 is 5.73 Å². The Labute approximate surface area is 94.9 Å². The molecule has 2 rings (SSSR count). The smallest absolute Gasteiger partial charge is 0.198 e. The maximum absolute atomic E-state index is 11.8. The Morgan fingerprint density at radius 2 is 2.12 bits per heavy atom. The molecule has 0 radical (unpaired) electrons. The number of rotatable bonds is 4. The summed E-state index contributed by atoms with van der Waals surface area (Å²) in [7, 11) is 0. The molecule has 1 atom stereocenters. The summed E-state index contributed by atoms with van der Waals surface area (Å²) >= 11 is 0. The number of nitrogens with two attached hydrogens (primary N) is 1. The molecular weight excluding hydrogens is 202 g/mol. The molecule has 0 amide bonds. The van der Waals surface area contributed by atoms with Crippen molar-refractivity contribution in [2.75, 3.05) is 6.61 Å². The minimum absolute atomic E-state index is 0.00569. The van der Waals surface area contributed by atoms with E-state index >= 15 is 0 Å². The zero-order valence-electron chi connectivity index (χ0n) is 9.06. The van der Waals surface area contributed by atoms with Gasteiger partial charge in [-0.3, -0.25) is 4.79 Å². The number of hydrogen-bond acceptors (Lipinski definition) is 3. The van der Waals surface area contributed by atoms with Crippen LogP contribution in [0.25, 0.3) is 0 Å². The molecule has 0 saturated carbocycles. The summed E-state index contributed by atoms with van der Waals surface area (Å²) in [6.07, 6.45) is 2.96. The van der Waals surface area contributed by atoms with E-state index in [2.05, 4.69) is 0 Å². The van der Waals surface area contributed by atoms with Crippen LogP contribution in [0, 0.1) is 0 Å². The lowest BCUT2D eigenvalue weighted by Crippen LogP contribution is -2.16. The van der Waals surface area contributed by atoms with Crippen molar-refractivity contribution in [1.29, 1.82) is 0 Å². The zero-order chi connectivity index (χ0) is 11.4. The van der Waals surface area contributed by atoms with Crippen LogP contribution in [0.5, 0.6) is 0 Å². The standard InChI is InChI=1S/C13H15NO2/c14-11(10-5-2-1-3-6-10)9-12(15)13-7-4-8-16-13/h1-3,5-7,11H,4,8-9,14H2. The SMILES string of the molecule is NC(CC(=O)C1=CCCO1)c1ccccc1. The summed E-state index contributed by atoms with van der Waals surface area (Å²) in [5, 5.41) is 0. The highest BCUT2D eigenvalue weighted by Crippen LogP contribution is 2.18. The molecule has 3 nitrogen and oxygen atoms in total. The largest absolute Gasteiger partial charge is 0.490 e. The summed E-state index contributed by atoms with van der Waals surface area (Å²) in [6.45, 7) is 0.613. The Bertz CT molecular complexity index is 398. The molecule has 1 unspecified atom stereocenters. The Hall–Kier alpha value is -1.61. The first-order valence-corrected chi connectivity index (χ1v) is 5.44. The van der Waals surface area contributed by atoms with Gasteiger partial charge in [0, 0.05) is 18.9 Å². The number of Topliss-reactive ketones (excluding diaryl/α,β-unsaturated/α-hetero) is 1. The van der Waals surface area contributed by atoms with Crippen molar-refractivity contribution in [1.82, 2.24) is 0 Å². The van der Waals surface area contributed by atoms with Crippen LogP contribution in [-0.2, 0) is 9.53 Å². The van der Waals surface area contributed by atoms with Gasteiger partial charge in [-0.15, -0.1) is 0 Å². The van der Waals surface area contributed by atoms with Crippen molar-refractivity contribution in [3.05, 3.63) is 47.7 Å². The predicted octanol–water partition coefficient (Wildman–Crippen LogP) is 1.95. The molecule has 0 fully saturated rings. The van der Waals surface area contributed by atoms with E-state index in [4.69, 9.17) is 10.5 Å². The lowest BCUT2D eigenvalue weighted by Gasteiger charge is -2.11. The fourth-order valence-corrected chi connectivity index (χ4v) is 1.73. The van der Waals surface area contributed by atoms with Crippen LogP contribution in [0.2, 0.25) is 0 Å². The highest BCUT2D eigenvalue weighted by Gasteiger charge is 2.18. The number of allylic oxidation sites excluding steroid dienone is 1. The zero-order valence-corrected chi connectivity index (χ0v) is 9.06. The van der Waals surface area contributed by atoms with Gasteiger partial charge in [-0.05, 0) is 11.6 Å². The Balaban J connectivity index is 1.97. The molecule has 2 N–H and O–H groups in total. The van der Waals surface area contributed by atoms with Crippen LogP contribution in [0.4, 0.5) is 0 Å². The first kappa shape index (κ1) is 10.9. The fourth-order valence-electron chi connectivity index (χ4n) is 1.73. The molecule has 1 heterocycles. The van der Waals surface area contributed by atoms with E-state index in [0.29, 0.717) is 18.8 Å². The highest BCUT2D eigenvalue weighted by atomic mass is 16.5. The van der Waals surface area contributed by atoms with E-state index in [0.717, 1.165) is 12.0 Å². The monoisotopic (exact) mass is 217 g/mol. The first-order valence-electron chi connectivity index (χ1n) is 5.44. The summed E-state index contributed by atoms with van der Waals surface area (Å²) in [4.78, 5) is 11.8. The minimum atomic E-state index is -0.251. The van der Waals surface area contributed by atoms with Crippen LogP contribution >= 0.6 is 0 Å². The molecule has 1 aromatic carbocycles. The van der Waals surface area contributed by atoms with Gasteiger partial charge in [0.05, 0.1) is 6.61 Å². The normalized spacial score (nSPS) is 16.4. The summed E-state index contributed by atoms with van der Waals surface area (Å²) < 4.78 is 5.21. The van der Waals surface area contributed by atoms with Crippen LogP contribution in [0.1, 0.15) is 24.4 Å². The molecule has 1 aliphatic rings. The second-order valence-electron chi connectivity index (χ2n) is 3.85. The molecule has 0 spiro atoms. The number of ether oxygens (including phenoxy) is 1. The van der Waals surface area contributed by atoms with Gasteiger partial charge in [0.1, 0.15) is 0 Å². The molecule has 0 bridgehead atoms. The molecule has 84 valence electrons. The second-order valence-corrected chi connectivity index (χ2v) is 3.85. The summed E-state index contributed by atoms with van der Waals surface area (Å²) in [6, 6.07) is 9.39. The van der Waals surface area contributed by atoms with Crippen LogP contribution in [0.15, 0.2) is 42.2 Å². The maximum Gasteiger partial charge on any atom is 0.198 e. The molecule has 16 heavy (non-hydrogen) atoms. The van der Waals surface area contributed by atoms with E-state index in [1.807, 2.05) is 36.4 Å². The molecule has 1 aromatic rings. The molecular formula is C13H15NO2. The Morgan fingerprint density at radius 1 is 1.38 bits per heavy atom. The molecule has 3 heteroatoms. The topological polar surface area (TPSA) is 52.3 Å². The third kappa shape index (κ3) is 2.49. The Morgan fingerprint density at radius 3 is 2.75 bits per heavy atom. The van der Waals surface area contributed by atoms with Crippen molar-refractivity contribution in [3.63, 3.8) is 0 Å². The van der Waals surface area contributed by atoms with Gasteiger partial charge in [-0.25, -0.2) is 0 Å². The highest BCUT2D eigenvalue weighted by molar-refractivity contribution is 5.94. The molecule has 0 aliphatic carbocycles. The third-order valence-electron chi connectivity index (χ3n) is 2.61. The van der Waals surface area contributed by atoms with Crippen molar-refractivity contribution in [2.24, 2.45) is 5.73 Å². The van der Waals surface area contributed by atoms with Crippen molar-refractivity contribution in [2.45, 2.75) is 18.9 Å². The predicted molar refractivity (Wildman–Crippen MR) is 61.6 cm³/mol. The number of hydrogen-bond donors (Lipinski definition) is 1. The molecule has 0 saturated heterocycles. The number of carbonyl (C=O) groups excluding carboxylic acids is 1. The van der Waals surface area contributed by atoms with Gasteiger partial charge in [0.25, 0.3) is 0 Å². The van der Waals surface area contributed by atoms with E-state index in [1.54, 1.807) is 0 Å². The first-order chi connectivity index (χ1) is 7.77. The number of carbonyl (C=O) groups is 1. The average Bonchev–Trinajstić information content (AvgIpc) is 2.83. The quantitative estimate of drug-likeness (QED) is 0.838. The van der Waals surface area contributed by atoms with Gasteiger partial charge < -0.3 is 10.5 Å². The van der Waals surface area contributed by atoms with Gasteiger partial charge in [0.15, 0.2) is 11.5 Å². The maximum atomic E-state index is 11.8. The van der Waals surface area contributed by atoms with Gasteiger partial charge in [-0.1, -0.05) is 30.3 Å². The van der Waals surface area contributed by atoms with E-state index < -0.39 is 0 Å². The molecule has 0 aromatic heterocycles. The lowest BCUT2D eigenvalue weighted by atomic mass is 10.0. The van der Waals surface area contributed by atoms with Crippen LogP contribution in [0.3, 0.4) is 0 Å². The number of benzene rings is 1. The van der Waals surface area contributed by atoms with Gasteiger partial charge >= 0.3 is 0 Å². The van der Waals surface area contributed by atoms with Crippen LogP contribution in [-0.4, -0.2) is 12.4 Å². The van der Waals surface area contributed by atoms with Gasteiger partial charge in [-0.2, -0.15) is 0 Å². The molecule has 1 aliphatic heterocycles. The Kier molecular flexibility index (Phi) is 3.37. The van der Waals surface area contributed by atoms with Crippen molar-refractivity contribution in [3.8, 4) is 0 Å².